The summed E-state index contributed by atoms with van der Waals surface area (Å²) in [5, 5.41) is 7.37. The first-order chi connectivity index (χ1) is 7.86. The molecule has 0 bridgehead atoms. The van der Waals surface area contributed by atoms with Gasteiger partial charge in [0.25, 0.3) is 9.05 Å². The molecule has 1 rings (SSSR count). The molecule has 0 aliphatic carbocycles. The van der Waals surface area contributed by atoms with Crippen LogP contribution in [0.15, 0.2) is 23.1 Å². The van der Waals surface area contributed by atoms with Crippen molar-refractivity contribution in [2.45, 2.75) is 18.2 Å². The molecule has 0 fully saturated rings. The number of ether oxygens (including phenoxy) is 1. The highest BCUT2D eigenvalue weighted by atomic mass is 35.7. The van der Waals surface area contributed by atoms with Crippen molar-refractivity contribution >= 4 is 25.6 Å². The highest BCUT2D eigenvalue weighted by Crippen LogP contribution is 2.24. The van der Waals surface area contributed by atoms with Gasteiger partial charge in [0.05, 0.1) is 17.1 Å². The van der Waals surface area contributed by atoms with Crippen LogP contribution in [0.5, 0.6) is 5.75 Å². The van der Waals surface area contributed by atoms with Crippen molar-refractivity contribution in [3.8, 4) is 5.75 Å². The van der Waals surface area contributed by atoms with E-state index in [1.54, 1.807) is 0 Å². The molecule has 0 aromatic heterocycles. The first-order valence-corrected chi connectivity index (χ1v) is 7.23. The fraction of sp³-hybridized carbons (Fsp3) is 0.300. The zero-order chi connectivity index (χ0) is 13.1. The van der Waals surface area contributed by atoms with E-state index in [-0.39, 0.29) is 16.3 Å². The normalized spacial score (nSPS) is 11.2. The standard InChI is InChI=1S/C10H13ClN2O3S/c1-2-5-16-9-4-3-7(17(11,14)15)6-8(9)10(12)13/h3-4,6H,2,5H2,1H3,(H3,12,13). The molecule has 0 aliphatic rings. The summed E-state index contributed by atoms with van der Waals surface area (Å²) < 4.78 is 27.6. The summed E-state index contributed by atoms with van der Waals surface area (Å²) in [6, 6.07) is 4.00. The second-order valence-corrected chi connectivity index (χ2v) is 5.92. The average molecular weight is 277 g/mol. The molecule has 0 saturated heterocycles. The molecule has 0 radical (unpaired) electrons. The minimum Gasteiger partial charge on any atom is -0.493 e. The summed E-state index contributed by atoms with van der Waals surface area (Å²) in [7, 11) is 1.38. The van der Waals surface area contributed by atoms with E-state index >= 15 is 0 Å². The summed E-state index contributed by atoms with van der Waals surface area (Å²) in [5.41, 5.74) is 5.59. The van der Waals surface area contributed by atoms with Crippen LogP contribution in [0.1, 0.15) is 18.9 Å². The lowest BCUT2D eigenvalue weighted by Crippen LogP contribution is -2.14. The van der Waals surface area contributed by atoms with Gasteiger partial charge in [0.2, 0.25) is 0 Å². The molecule has 0 amide bonds. The van der Waals surface area contributed by atoms with Crippen LogP contribution in [0, 0.1) is 5.41 Å². The number of hydrogen-bond acceptors (Lipinski definition) is 4. The molecule has 7 heteroatoms. The van der Waals surface area contributed by atoms with Crippen LogP contribution in [0.25, 0.3) is 0 Å². The van der Waals surface area contributed by atoms with E-state index in [2.05, 4.69) is 0 Å². The Morgan fingerprint density at radius 2 is 2.18 bits per heavy atom. The Morgan fingerprint density at radius 3 is 2.65 bits per heavy atom. The van der Waals surface area contributed by atoms with Gasteiger partial charge in [-0.1, -0.05) is 6.92 Å². The summed E-state index contributed by atoms with van der Waals surface area (Å²) in [5.74, 6) is 0.113. The molecule has 0 unspecified atom stereocenters. The van der Waals surface area contributed by atoms with Crippen LogP contribution in [-0.2, 0) is 9.05 Å². The molecule has 0 atom stereocenters. The SMILES string of the molecule is CCCOc1ccc(S(=O)(=O)Cl)cc1C(=N)N. The smallest absolute Gasteiger partial charge is 0.261 e. The van der Waals surface area contributed by atoms with E-state index < -0.39 is 9.05 Å². The number of halogens is 1. The Hall–Kier alpha value is -1.27. The van der Waals surface area contributed by atoms with Crippen molar-refractivity contribution in [3.05, 3.63) is 23.8 Å². The molecule has 0 spiro atoms. The summed E-state index contributed by atoms with van der Waals surface area (Å²) in [6.45, 7) is 2.40. The predicted molar refractivity (Wildman–Crippen MR) is 66.3 cm³/mol. The minimum absolute atomic E-state index is 0.104. The second-order valence-electron chi connectivity index (χ2n) is 3.36. The third kappa shape index (κ3) is 3.61. The molecule has 94 valence electrons. The molecule has 0 aliphatic heterocycles. The first kappa shape index (κ1) is 13.8. The minimum atomic E-state index is -3.83. The van der Waals surface area contributed by atoms with Gasteiger partial charge in [0.15, 0.2) is 0 Å². The fourth-order valence-electron chi connectivity index (χ4n) is 1.21. The van der Waals surface area contributed by atoms with Crippen molar-refractivity contribution in [3.63, 3.8) is 0 Å². The van der Waals surface area contributed by atoms with Crippen LogP contribution >= 0.6 is 10.7 Å². The number of benzene rings is 1. The third-order valence-corrected chi connectivity index (χ3v) is 3.34. The van der Waals surface area contributed by atoms with Crippen molar-refractivity contribution in [1.29, 1.82) is 5.41 Å². The quantitative estimate of drug-likeness (QED) is 0.486. The van der Waals surface area contributed by atoms with Gasteiger partial charge in [0, 0.05) is 10.7 Å². The fourth-order valence-corrected chi connectivity index (χ4v) is 1.99. The molecule has 5 nitrogen and oxygen atoms in total. The lowest BCUT2D eigenvalue weighted by Gasteiger charge is -2.10. The predicted octanol–water partition coefficient (Wildman–Crippen LogP) is 1.69. The number of hydrogen-bond donors (Lipinski definition) is 2. The zero-order valence-electron chi connectivity index (χ0n) is 9.23. The van der Waals surface area contributed by atoms with Crippen molar-refractivity contribution in [2.75, 3.05) is 6.61 Å². The molecular formula is C10H13ClN2O3S. The van der Waals surface area contributed by atoms with E-state index in [1.807, 2.05) is 6.92 Å². The van der Waals surface area contributed by atoms with E-state index in [1.165, 1.54) is 18.2 Å². The van der Waals surface area contributed by atoms with Crippen LogP contribution in [-0.4, -0.2) is 20.9 Å². The van der Waals surface area contributed by atoms with Gasteiger partial charge in [-0.05, 0) is 24.6 Å². The van der Waals surface area contributed by atoms with Gasteiger partial charge < -0.3 is 10.5 Å². The van der Waals surface area contributed by atoms with Gasteiger partial charge >= 0.3 is 0 Å². The topological polar surface area (TPSA) is 93.2 Å². The maximum absolute atomic E-state index is 11.1. The van der Waals surface area contributed by atoms with Gasteiger partial charge in [-0.25, -0.2) is 8.42 Å². The van der Waals surface area contributed by atoms with Gasteiger partial charge in [-0.2, -0.15) is 0 Å². The Bertz CT molecular complexity index is 528. The summed E-state index contributed by atoms with van der Waals surface area (Å²) in [6.07, 6.45) is 0.799. The Labute approximate surface area is 104 Å². The lowest BCUT2D eigenvalue weighted by molar-refractivity contribution is 0.316. The average Bonchev–Trinajstić information content (AvgIpc) is 2.24. The maximum Gasteiger partial charge on any atom is 0.261 e. The van der Waals surface area contributed by atoms with Crippen LogP contribution in [0.3, 0.4) is 0 Å². The number of rotatable bonds is 5. The highest BCUT2D eigenvalue weighted by molar-refractivity contribution is 8.13. The van der Waals surface area contributed by atoms with Crippen LogP contribution < -0.4 is 10.5 Å². The van der Waals surface area contributed by atoms with E-state index in [0.29, 0.717) is 12.4 Å². The summed E-state index contributed by atoms with van der Waals surface area (Å²) >= 11 is 0. The van der Waals surface area contributed by atoms with Crippen molar-refractivity contribution < 1.29 is 13.2 Å². The van der Waals surface area contributed by atoms with Gasteiger partial charge in [0.1, 0.15) is 11.6 Å². The van der Waals surface area contributed by atoms with Crippen molar-refractivity contribution in [1.82, 2.24) is 0 Å². The molecular weight excluding hydrogens is 264 g/mol. The van der Waals surface area contributed by atoms with E-state index in [4.69, 9.17) is 26.6 Å². The molecule has 0 saturated carbocycles. The van der Waals surface area contributed by atoms with Gasteiger partial charge in [-0.3, -0.25) is 5.41 Å². The number of nitrogen functional groups attached to an aromatic ring is 1. The number of nitrogens with two attached hydrogens (primary N) is 1. The molecule has 17 heavy (non-hydrogen) atoms. The lowest BCUT2D eigenvalue weighted by atomic mass is 10.2. The van der Waals surface area contributed by atoms with E-state index in [0.717, 1.165) is 6.42 Å². The second kappa shape index (κ2) is 5.37. The van der Waals surface area contributed by atoms with Crippen LogP contribution in [0.4, 0.5) is 0 Å². The number of amidine groups is 1. The van der Waals surface area contributed by atoms with E-state index in [9.17, 15) is 8.42 Å². The highest BCUT2D eigenvalue weighted by Gasteiger charge is 2.15. The Balaban J connectivity index is 3.22. The van der Waals surface area contributed by atoms with Crippen molar-refractivity contribution in [2.24, 2.45) is 5.73 Å². The van der Waals surface area contributed by atoms with Gasteiger partial charge in [-0.15, -0.1) is 0 Å². The Kier molecular flexibility index (Phi) is 4.36. The molecule has 3 N–H and O–H groups in total. The monoisotopic (exact) mass is 276 g/mol. The zero-order valence-corrected chi connectivity index (χ0v) is 10.8. The summed E-state index contributed by atoms with van der Waals surface area (Å²) in [4.78, 5) is -0.104. The first-order valence-electron chi connectivity index (χ1n) is 4.92. The number of nitrogens with one attached hydrogen (secondary N) is 1. The molecule has 0 heterocycles. The maximum atomic E-state index is 11.1. The third-order valence-electron chi connectivity index (χ3n) is 1.98. The molecule has 1 aromatic rings. The molecule has 1 aromatic carbocycles. The largest absolute Gasteiger partial charge is 0.493 e. The Morgan fingerprint density at radius 1 is 1.53 bits per heavy atom. The van der Waals surface area contributed by atoms with Crippen LogP contribution in [0.2, 0.25) is 0 Å².